The molecule has 3 rings (SSSR count). The maximum absolute atomic E-state index is 5.25. The van der Waals surface area contributed by atoms with Gasteiger partial charge in [-0.15, -0.1) is 23.1 Å². The van der Waals surface area contributed by atoms with Gasteiger partial charge in [-0.2, -0.15) is 4.98 Å². The molecular weight excluding hydrogens is 292 g/mol. The number of benzene rings is 1. The second kappa shape index (κ2) is 6.11. The average molecular weight is 304 g/mol. The van der Waals surface area contributed by atoms with Crippen LogP contribution in [0, 0.1) is 0 Å². The van der Waals surface area contributed by atoms with Gasteiger partial charge in [-0.25, -0.2) is 0 Å². The summed E-state index contributed by atoms with van der Waals surface area (Å²) in [6.45, 7) is 0. The predicted octanol–water partition coefficient (Wildman–Crippen LogP) is 4.10. The molecule has 0 unspecified atom stereocenters. The molecular formula is C14H12N2O2S2. The number of rotatable bonds is 5. The molecule has 0 atom stereocenters. The van der Waals surface area contributed by atoms with Crippen molar-refractivity contribution in [3.63, 3.8) is 0 Å². The van der Waals surface area contributed by atoms with Crippen molar-refractivity contribution in [2.45, 2.75) is 10.6 Å². The minimum atomic E-state index is 0.584. The first-order chi connectivity index (χ1) is 9.85. The van der Waals surface area contributed by atoms with Crippen LogP contribution >= 0.6 is 23.1 Å². The van der Waals surface area contributed by atoms with Crippen LogP contribution in [0.2, 0.25) is 0 Å². The molecule has 3 aromatic rings. The molecule has 1 aromatic carbocycles. The third-order valence-electron chi connectivity index (χ3n) is 2.61. The van der Waals surface area contributed by atoms with Crippen molar-refractivity contribution in [1.82, 2.24) is 10.1 Å². The lowest BCUT2D eigenvalue weighted by atomic mass is 10.3. The first kappa shape index (κ1) is 13.2. The number of hydrogen-bond acceptors (Lipinski definition) is 6. The van der Waals surface area contributed by atoms with Crippen molar-refractivity contribution in [1.29, 1.82) is 0 Å². The molecule has 0 aliphatic rings. The number of ether oxygens (including phenoxy) is 1. The van der Waals surface area contributed by atoms with Crippen LogP contribution < -0.4 is 4.74 Å². The number of methoxy groups -OCH3 is 1. The van der Waals surface area contributed by atoms with E-state index in [1.54, 1.807) is 30.2 Å². The fraction of sp³-hybridized carbons (Fsp3) is 0.143. The Morgan fingerprint density at radius 3 is 3.05 bits per heavy atom. The van der Waals surface area contributed by atoms with E-state index in [1.807, 2.05) is 41.8 Å². The quantitative estimate of drug-likeness (QED) is 0.664. The van der Waals surface area contributed by atoms with Gasteiger partial charge in [-0.1, -0.05) is 17.3 Å². The highest BCUT2D eigenvalue weighted by Gasteiger charge is 2.09. The molecule has 0 saturated heterocycles. The highest BCUT2D eigenvalue weighted by molar-refractivity contribution is 7.98. The lowest BCUT2D eigenvalue weighted by Gasteiger charge is -2.02. The number of aromatic nitrogens is 2. The Hall–Kier alpha value is -1.79. The summed E-state index contributed by atoms with van der Waals surface area (Å²) < 4.78 is 10.5. The topological polar surface area (TPSA) is 48.2 Å². The smallest absolute Gasteiger partial charge is 0.268 e. The average Bonchev–Trinajstić information content (AvgIpc) is 3.16. The van der Waals surface area contributed by atoms with Crippen molar-refractivity contribution >= 4 is 23.1 Å². The van der Waals surface area contributed by atoms with Crippen LogP contribution in [-0.2, 0) is 5.75 Å². The van der Waals surface area contributed by atoms with E-state index in [4.69, 9.17) is 9.26 Å². The molecule has 0 amide bonds. The minimum absolute atomic E-state index is 0.584. The Kier molecular flexibility index (Phi) is 4.03. The van der Waals surface area contributed by atoms with Gasteiger partial charge in [0.1, 0.15) is 5.75 Å². The largest absolute Gasteiger partial charge is 0.497 e. The van der Waals surface area contributed by atoms with Gasteiger partial charge >= 0.3 is 0 Å². The highest BCUT2D eigenvalue weighted by Crippen LogP contribution is 2.27. The number of thiophene rings is 1. The molecule has 20 heavy (non-hydrogen) atoms. The SMILES string of the molecule is COc1cccc(SCc2noc(-c3cccs3)n2)c1. The minimum Gasteiger partial charge on any atom is -0.497 e. The van der Waals surface area contributed by atoms with Gasteiger partial charge in [-0.3, -0.25) is 0 Å². The standard InChI is InChI=1S/C14H12N2O2S2/c1-17-10-4-2-5-11(8-10)20-9-13-15-14(18-16-13)12-6-3-7-19-12/h2-8H,9H2,1H3. The Morgan fingerprint density at radius 2 is 2.25 bits per heavy atom. The molecule has 0 fully saturated rings. The Balaban J connectivity index is 1.66. The zero-order valence-electron chi connectivity index (χ0n) is 10.8. The molecule has 0 spiro atoms. The second-order valence-electron chi connectivity index (χ2n) is 3.96. The van der Waals surface area contributed by atoms with Gasteiger partial charge < -0.3 is 9.26 Å². The molecule has 0 saturated carbocycles. The lowest BCUT2D eigenvalue weighted by Crippen LogP contribution is -1.85. The van der Waals surface area contributed by atoms with Crippen LogP contribution in [0.15, 0.2) is 51.2 Å². The molecule has 4 nitrogen and oxygen atoms in total. The second-order valence-corrected chi connectivity index (χ2v) is 5.96. The summed E-state index contributed by atoms with van der Waals surface area (Å²) >= 11 is 3.24. The highest BCUT2D eigenvalue weighted by atomic mass is 32.2. The zero-order chi connectivity index (χ0) is 13.8. The third-order valence-corrected chi connectivity index (χ3v) is 4.46. The van der Waals surface area contributed by atoms with E-state index < -0.39 is 0 Å². The van der Waals surface area contributed by atoms with Crippen molar-refractivity contribution in [3.8, 4) is 16.5 Å². The van der Waals surface area contributed by atoms with E-state index >= 15 is 0 Å². The van der Waals surface area contributed by atoms with Crippen LogP contribution in [0.3, 0.4) is 0 Å². The zero-order valence-corrected chi connectivity index (χ0v) is 12.4. The number of nitrogens with zero attached hydrogens (tertiary/aromatic N) is 2. The van der Waals surface area contributed by atoms with Gasteiger partial charge in [-0.05, 0) is 29.6 Å². The van der Waals surface area contributed by atoms with E-state index in [0.29, 0.717) is 17.5 Å². The molecule has 0 aliphatic carbocycles. The maximum Gasteiger partial charge on any atom is 0.268 e. The van der Waals surface area contributed by atoms with Crippen molar-refractivity contribution in [3.05, 3.63) is 47.6 Å². The maximum atomic E-state index is 5.25. The fourth-order valence-corrected chi connectivity index (χ4v) is 3.08. The van der Waals surface area contributed by atoms with Crippen LogP contribution in [0.4, 0.5) is 0 Å². The summed E-state index contributed by atoms with van der Waals surface area (Å²) in [6, 6.07) is 11.9. The molecule has 0 bridgehead atoms. The Bertz CT molecular complexity index is 680. The normalized spacial score (nSPS) is 10.7. The van der Waals surface area contributed by atoms with Gasteiger partial charge in [0.2, 0.25) is 0 Å². The molecule has 0 aliphatic heterocycles. The first-order valence-electron chi connectivity index (χ1n) is 5.98. The van der Waals surface area contributed by atoms with Crippen LogP contribution in [0.1, 0.15) is 5.82 Å². The molecule has 2 heterocycles. The summed E-state index contributed by atoms with van der Waals surface area (Å²) in [7, 11) is 1.66. The van der Waals surface area contributed by atoms with Crippen LogP contribution in [0.5, 0.6) is 5.75 Å². The summed E-state index contributed by atoms with van der Waals surface area (Å²) in [5.41, 5.74) is 0. The molecule has 102 valence electrons. The van der Waals surface area contributed by atoms with Crippen molar-refractivity contribution in [2.75, 3.05) is 7.11 Å². The molecule has 0 radical (unpaired) electrons. The van der Waals surface area contributed by atoms with E-state index in [9.17, 15) is 0 Å². The van der Waals surface area contributed by atoms with E-state index in [1.165, 1.54) is 0 Å². The molecule has 6 heteroatoms. The van der Waals surface area contributed by atoms with E-state index in [0.717, 1.165) is 15.5 Å². The third kappa shape index (κ3) is 3.02. The van der Waals surface area contributed by atoms with Gasteiger partial charge in [0, 0.05) is 4.90 Å². The van der Waals surface area contributed by atoms with Gasteiger partial charge in [0.05, 0.1) is 17.7 Å². The van der Waals surface area contributed by atoms with Crippen LogP contribution in [-0.4, -0.2) is 17.3 Å². The first-order valence-corrected chi connectivity index (χ1v) is 7.85. The van der Waals surface area contributed by atoms with Crippen molar-refractivity contribution < 1.29 is 9.26 Å². The van der Waals surface area contributed by atoms with Gasteiger partial charge in [0.15, 0.2) is 5.82 Å². The Labute approximate surface area is 124 Å². The number of hydrogen-bond donors (Lipinski definition) is 0. The monoisotopic (exact) mass is 304 g/mol. The fourth-order valence-electron chi connectivity index (χ4n) is 1.65. The van der Waals surface area contributed by atoms with Crippen molar-refractivity contribution in [2.24, 2.45) is 0 Å². The van der Waals surface area contributed by atoms with E-state index in [2.05, 4.69) is 10.1 Å². The summed E-state index contributed by atoms with van der Waals surface area (Å²) in [6.07, 6.45) is 0. The number of thioether (sulfide) groups is 1. The molecule has 2 aromatic heterocycles. The lowest BCUT2D eigenvalue weighted by molar-refractivity contribution is 0.413. The summed E-state index contributed by atoms with van der Waals surface area (Å²) in [5, 5.41) is 5.99. The van der Waals surface area contributed by atoms with E-state index in [-0.39, 0.29) is 0 Å². The Morgan fingerprint density at radius 1 is 1.30 bits per heavy atom. The van der Waals surface area contributed by atoms with Crippen LogP contribution in [0.25, 0.3) is 10.8 Å². The summed E-state index contributed by atoms with van der Waals surface area (Å²) in [4.78, 5) is 6.50. The summed E-state index contributed by atoms with van der Waals surface area (Å²) in [5.74, 6) is 2.80. The predicted molar refractivity (Wildman–Crippen MR) is 80.2 cm³/mol. The molecule has 0 N–H and O–H groups in total. The van der Waals surface area contributed by atoms with Gasteiger partial charge in [0.25, 0.3) is 5.89 Å².